The van der Waals surface area contributed by atoms with Crippen molar-refractivity contribution < 1.29 is 9.90 Å². The van der Waals surface area contributed by atoms with E-state index in [-0.39, 0.29) is 5.92 Å². The Bertz CT molecular complexity index is 324. The second kappa shape index (κ2) is 3.69. The molecule has 0 radical (unpaired) electrons. The maximum atomic E-state index is 11.0. The molecule has 0 aliphatic carbocycles. The predicted molar refractivity (Wildman–Crippen MR) is 52.8 cm³/mol. The Hall–Kier alpha value is -1.52. The highest BCUT2D eigenvalue weighted by Gasteiger charge is 2.26. The Labute approximate surface area is 82.5 Å². The number of carboxylic acids is 1. The first-order chi connectivity index (χ1) is 6.43. The molecule has 1 aromatic heterocycles. The van der Waals surface area contributed by atoms with Gasteiger partial charge in [-0.15, -0.1) is 0 Å². The number of nitrogens with two attached hydrogens (primary N) is 1. The summed E-state index contributed by atoms with van der Waals surface area (Å²) in [6.07, 6.45) is 0. The molecule has 0 aromatic carbocycles. The van der Waals surface area contributed by atoms with Gasteiger partial charge in [0.05, 0.1) is 5.69 Å². The van der Waals surface area contributed by atoms with Crippen molar-refractivity contribution in [3.05, 3.63) is 11.8 Å². The monoisotopic (exact) mass is 197 g/mol. The molecule has 0 amide bonds. The Morgan fingerprint density at radius 2 is 2.21 bits per heavy atom. The molecule has 0 bridgehead atoms. The van der Waals surface area contributed by atoms with Crippen molar-refractivity contribution in [3.63, 3.8) is 0 Å². The molecule has 3 N–H and O–H groups in total. The lowest BCUT2D eigenvalue weighted by Gasteiger charge is -2.12. The zero-order chi connectivity index (χ0) is 10.9. The van der Waals surface area contributed by atoms with Gasteiger partial charge in [-0.25, -0.2) is 0 Å². The second-order valence-electron chi connectivity index (χ2n) is 3.68. The van der Waals surface area contributed by atoms with Crippen molar-refractivity contribution in [2.24, 2.45) is 13.0 Å². The predicted octanol–water partition coefficient (Wildman–Crippen LogP) is 0.826. The summed E-state index contributed by atoms with van der Waals surface area (Å²) in [6, 6.07) is 1.61. The lowest BCUT2D eigenvalue weighted by Crippen LogP contribution is -2.18. The number of aromatic nitrogens is 2. The first-order valence-electron chi connectivity index (χ1n) is 4.45. The van der Waals surface area contributed by atoms with Crippen LogP contribution in [0.4, 0.5) is 5.82 Å². The van der Waals surface area contributed by atoms with Crippen LogP contribution in [0.15, 0.2) is 6.07 Å². The van der Waals surface area contributed by atoms with Crippen molar-refractivity contribution in [1.82, 2.24) is 9.78 Å². The van der Waals surface area contributed by atoms with Gasteiger partial charge < -0.3 is 10.8 Å². The molecule has 5 nitrogen and oxygen atoms in total. The van der Waals surface area contributed by atoms with Gasteiger partial charge in [0.1, 0.15) is 11.7 Å². The van der Waals surface area contributed by atoms with E-state index >= 15 is 0 Å². The van der Waals surface area contributed by atoms with E-state index in [2.05, 4.69) is 5.10 Å². The lowest BCUT2D eigenvalue weighted by molar-refractivity contribution is -0.140. The van der Waals surface area contributed by atoms with Crippen LogP contribution >= 0.6 is 0 Å². The third-order valence-electron chi connectivity index (χ3n) is 2.19. The highest BCUT2D eigenvalue weighted by Crippen LogP contribution is 2.24. The Morgan fingerprint density at radius 1 is 1.64 bits per heavy atom. The molecule has 0 aliphatic rings. The number of aliphatic carboxylic acids is 1. The van der Waals surface area contributed by atoms with E-state index < -0.39 is 11.9 Å². The van der Waals surface area contributed by atoms with E-state index in [4.69, 9.17) is 10.8 Å². The molecular formula is C9H15N3O2. The third kappa shape index (κ3) is 1.86. The maximum Gasteiger partial charge on any atom is 0.312 e. The second-order valence-corrected chi connectivity index (χ2v) is 3.68. The minimum Gasteiger partial charge on any atom is -0.481 e. The zero-order valence-electron chi connectivity index (χ0n) is 8.56. The zero-order valence-corrected chi connectivity index (χ0v) is 8.56. The standard InChI is InChI=1S/C9H15N3O2/c1-5(2)8(9(13)14)6-4-7(10)12(3)11-6/h4-5,8H,10H2,1-3H3,(H,13,14). The fourth-order valence-electron chi connectivity index (χ4n) is 1.41. The van der Waals surface area contributed by atoms with E-state index in [0.29, 0.717) is 11.5 Å². The number of carboxylic acid groups (broad SMARTS) is 1. The first kappa shape index (κ1) is 10.6. The Balaban J connectivity index is 3.05. The van der Waals surface area contributed by atoms with Crippen molar-refractivity contribution in [1.29, 1.82) is 0 Å². The molecular weight excluding hydrogens is 182 g/mol. The van der Waals surface area contributed by atoms with E-state index in [1.54, 1.807) is 13.1 Å². The maximum absolute atomic E-state index is 11.0. The molecule has 14 heavy (non-hydrogen) atoms. The van der Waals surface area contributed by atoms with Crippen LogP contribution in [0, 0.1) is 5.92 Å². The average molecular weight is 197 g/mol. The topological polar surface area (TPSA) is 81.1 Å². The van der Waals surface area contributed by atoms with Crippen LogP contribution in [0.25, 0.3) is 0 Å². The number of hydrogen-bond acceptors (Lipinski definition) is 3. The summed E-state index contributed by atoms with van der Waals surface area (Å²) in [5, 5.41) is 13.1. The van der Waals surface area contributed by atoms with Gasteiger partial charge in [0, 0.05) is 13.1 Å². The van der Waals surface area contributed by atoms with Crippen LogP contribution in [-0.2, 0) is 11.8 Å². The molecule has 0 spiro atoms. The van der Waals surface area contributed by atoms with Gasteiger partial charge in [0.15, 0.2) is 0 Å². The van der Waals surface area contributed by atoms with Gasteiger partial charge in [-0.2, -0.15) is 5.10 Å². The quantitative estimate of drug-likeness (QED) is 0.751. The van der Waals surface area contributed by atoms with Crippen molar-refractivity contribution in [2.75, 3.05) is 5.73 Å². The molecule has 78 valence electrons. The molecule has 5 heteroatoms. The van der Waals surface area contributed by atoms with E-state index in [0.717, 1.165) is 0 Å². The van der Waals surface area contributed by atoms with Gasteiger partial charge in [0.25, 0.3) is 0 Å². The molecule has 1 unspecified atom stereocenters. The summed E-state index contributed by atoms with van der Waals surface area (Å²) in [7, 11) is 1.69. The highest BCUT2D eigenvalue weighted by molar-refractivity contribution is 5.76. The van der Waals surface area contributed by atoms with Crippen LogP contribution in [-0.4, -0.2) is 20.9 Å². The molecule has 1 atom stereocenters. The number of nitrogen functional groups attached to an aromatic ring is 1. The number of carbonyl (C=O) groups is 1. The third-order valence-corrected chi connectivity index (χ3v) is 2.19. The summed E-state index contributed by atoms with van der Waals surface area (Å²) >= 11 is 0. The van der Waals surface area contributed by atoms with Crippen molar-refractivity contribution in [2.45, 2.75) is 19.8 Å². The van der Waals surface area contributed by atoms with Crippen LogP contribution in [0.2, 0.25) is 0 Å². The SMILES string of the molecule is CC(C)C(C(=O)O)c1cc(N)n(C)n1. The molecule has 0 fully saturated rings. The minimum atomic E-state index is -0.863. The highest BCUT2D eigenvalue weighted by atomic mass is 16.4. The smallest absolute Gasteiger partial charge is 0.312 e. The fraction of sp³-hybridized carbons (Fsp3) is 0.556. The molecule has 0 saturated heterocycles. The Kier molecular flexibility index (Phi) is 2.78. The van der Waals surface area contributed by atoms with E-state index in [1.807, 2.05) is 13.8 Å². The molecule has 1 rings (SSSR count). The van der Waals surface area contributed by atoms with Crippen LogP contribution in [0.3, 0.4) is 0 Å². The normalized spacial score (nSPS) is 13.1. The first-order valence-corrected chi connectivity index (χ1v) is 4.45. The van der Waals surface area contributed by atoms with Gasteiger partial charge in [0.2, 0.25) is 0 Å². The van der Waals surface area contributed by atoms with Gasteiger partial charge in [-0.05, 0) is 5.92 Å². The summed E-state index contributed by atoms with van der Waals surface area (Å²) < 4.78 is 1.48. The van der Waals surface area contributed by atoms with E-state index in [1.165, 1.54) is 4.68 Å². The molecule has 0 saturated carbocycles. The number of hydrogen-bond donors (Lipinski definition) is 2. The number of aryl methyl sites for hydroxylation is 1. The van der Waals surface area contributed by atoms with Gasteiger partial charge in [-0.1, -0.05) is 13.8 Å². The molecule has 0 aliphatic heterocycles. The average Bonchev–Trinajstić information content (AvgIpc) is 2.29. The van der Waals surface area contributed by atoms with Crippen molar-refractivity contribution in [3.8, 4) is 0 Å². The van der Waals surface area contributed by atoms with Gasteiger partial charge >= 0.3 is 5.97 Å². The van der Waals surface area contributed by atoms with Crippen LogP contribution in [0.1, 0.15) is 25.5 Å². The summed E-state index contributed by atoms with van der Waals surface area (Å²) in [4.78, 5) is 11.0. The molecule has 1 aromatic rings. The number of rotatable bonds is 3. The van der Waals surface area contributed by atoms with E-state index in [9.17, 15) is 4.79 Å². The molecule has 1 heterocycles. The van der Waals surface area contributed by atoms with Crippen LogP contribution < -0.4 is 5.73 Å². The minimum absolute atomic E-state index is 0.00167. The summed E-state index contributed by atoms with van der Waals surface area (Å²) in [5.41, 5.74) is 6.11. The Morgan fingerprint density at radius 3 is 2.50 bits per heavy atom. The summed E-state index contributed by atoms with van der Waals surface area (Å²) in [6.45, 7) is 3.70. The largest absolute Gasteiger partial charge is 0.481 e. The van der Waals surface area contributed by atoms with Crippen LogP contribution in [0.5, 0.6) is 0 Å². The fourth-order valence-corrected chi connectivity index (χ4v) is 1.41. The van der Waals surface area contributed by atoms with Crippen molar-refractivity contribution >= 4 is 11.8 Å². The lowest BCUT2D eigenvalue weighted by atomic mass is 9.93. The summed E-state index contributed by atoms with van der Waals surface area (Å²) in [5.74, 6) is -0.967. The van der Waals surface area contributed by atoms with Gasteiger partial charge in [-0.3, -0.25) is 9.48 Å². The number of anilines is 1. The number of nitrogens with zero attached hydrogens (tertiary/aromatic N) is 2.